The summed E-state index contributed by atoms with van der Waals surface area (Å²) in [5.74, 6) is 0. The summed E-state index contributed by atoms with van der Waals surface area (Å²) in [5, 5.41) is 0.805. The first kappa shape index (κ1) is 14.4. The molecule has 0 radical (unpaired) electrons. The number of aromatic nitrogens is 1. The lowest BCUT2D eigenvalue weighted by atomic mass is 10.0. The number of rotatable bonds is 3. The number of thiazole rings is 1. The average molecular weight is 404 g/mol. The Morgan fingerprint density at radius 1 is 0.952 bits per heavy atom. The first-order valence-electron chi connectivity index (χ1n) is 6.56. The molecule has 1 heterocycles. The first-order valence-corrected chi connectivity index (χ1v) is 8.46. The van der Waals surface area contributed by atoms with Crippen LogP contribution in [0.4, 0.5) is 5.13 Å². The van der Waals surface area contributed by atoms with E-state index < -0.39 is 0 Å². The Morgan fingerprint density at radius 3 is 1.90 bits per heavy atom. The monoisotopic (exact) mass is 404 g/mol. The number of aliphatic imine (C=N–C) groups is 1. The lowest BCUT2D eigenvalue weighted by Crippen LogP contribution is -2.02. The van der Waals surface area contributed by atoms with Crippen LogP contribution in [0.25, 0.3) is 0 Å². The highest BCUT2D eigenvalue weighted by atomic mass is 127. The maximum absolute atomic E-state index is 4.80. The summed E-state index contributed by atoms with van der Waals surface area (Å²) in [4.78, 5) is 9.32. The Labute approximate surface area is 141 Å². The Kier molecular flexibility index (Phi) is 4.45. The van der Waals surface area contributed by atoms with Gasteiger partial charge in [0.05, 0.1) is 14.3 Å². The predicted octanol–water partition coefficient (Wildman–Crippen LogP) is 5.23. The van der Waals surface area contributed by atoms with Crippen molar-refractivity contribution in [2.45, 2.75) is 6.92 Å². The van der Waals surface area contributed by atoms with Gasteiger partial charge in [-0.15, -0.1) is 0 Å². The molecule has 0 unspecified atom stereocenters. The van der Waals surface area contributed by atoms with Crippen LogP contribution in [0.1, 0.15) is 16.8 Å². The van der Waals surface area contributed by atoms with Gasteiger partial charge in [0.1, 0.15) is 0 Å². The fourth-order valence-electron chi connectivity index (χ4n) is 2.00. The molecule has 0 aliphatic carbocycles. The minimum Gasteiger partial charge on any atom is -0.223 e. The molecule has 0 saturated heterocycles. The summed E-state index contributed by atoms with van der Waals surface area (Å²) in [7, 11) is 0. The summed E-state index contributed by atoms with van der Waals surface area (Å²) < 4.78 is 1.19. The van der Waals surface area contributed by atoms with E-state index in [-0.39, 0.29) is 0 Å². The number of benzene rings is 2. The van der Waals surface area contributed by atoms with Gasteiger partial charge >= 0.3 is 0 Å². The highest BCUT2D eigenvalue weighted by Gasteiger charge is 2.09. The lowest BCUT2D eigenvalue weighted by molar-refractivity contribution is 1.23. The molecule has 104 valence electrons. The molecule has 0 N–H and O–H groups in total. The van der Waals surface area contributed by atoms with Crippen molar-refractivity contribution in [3.05, 3.63) is 80.4 Å². The van der Waals surface area contributed by atoms with Crippen LogP contribution in [0, 0.1) is 9.81 Å². The number of hydrogen-bond donors (Lipinski definition) is 0. The topological polar surface area (TPSA) is 25.2 Å². The molecule has 0 spiro atoms. The molecule has 0 bridgehead atoms. The summed E-state index contributed by atoms with van der Waals surface area (Å²) >= 11 is 3.93. The van der Waals surface area contributed by atoms with Gasteiger partial charge < -0.3 is 0 Å². The standard InChI is InChI=1S/C17H13IN2S/c1-12-16(18)21-17(19-12)20-15(13-8-4-2-5-9-13)14-10-6-3-7-11-14/h2-11H,1H3. The maximum Gasteiger partial charge on any atom is 0.210 e. The van der Waals surface area contributed by atoms with Crippen LogP contribution in [0.15, 0.2) is 65.7 Å². The molecule has 21 heavy (non-hydrogen) atoms. The van der Waals surface area contributed by atoms with Crippen LogP contribution in [-0.4, -0.2) is 10.7 Å². The van der Waals surface area contributed by atoms with Gasteiger partial charge in [-0.1, -0.05) is 72.0 Å². The summed E-state index contributed by atoms with van der Waals surface area (Å²) in [6, 6.07) is 20.5. The zero-order valence-corrected chi connectivity index (χ0v) is 14.4. The smallest absolute Gasteiger partial charge is 0.210 e. The van der Waals surface area contributed by atoms with Crippen molar-refractivity contribution in [1.29, 1.82) is 0 Å². The second-order valence-corrected chi connectivity index (χ2v) is 7.34. The third kappa shape index (κ3) is 3.39. The second kappa shape index (κ2) is 6.49. The van der Waals surface area contributed by atoms with Crippen LogP contribution in [-0.2, 0) is 0 Å². The van der Waals surface area contributed by atoms with Gasteiger partial charge in [-0.05, 0) is 29.5 Å². The normalized spacial score (nSPS) is 10.4. The van der Waals surface area contributed by atoms with Crippen molar-refractivity contribution in [1.82, 2.24) is 4.98 Å². The molecule has 0 atom stereocenters. The maximum atomic E-state index is 4.80. The minimum atomic E-state index is 0.805. The number of halogens is 1. The molecule has 0 aliphatic heterocycles. The van der Waals surface area contributed by atoms with Crippen LogP contribution in [0.3, 0.4) is 0 Å². The van der Waals surface area contributed by atoms with Crippen molar-refractivity contribution in [2.75, 3.05) is 0 Å². The number of nitrogens with zero attached hydrogens (tertiary/aromatic N) is 2. The van der Waals surface area contributed by atoms with Crippen LogP contribution in [0.5, 0.6) is 0 Å². The Bertz CT molecular complexity index is 703. The molecule has 2 aromatic carbocycles. The van der Waals surface area contributed by atoms with Gasteiger partial charge in [-0.25, -0.2) is 9.98 Å². The minimum absolute atomic E-state index is 0.805. The van der Waals surface area contributed by atoms with Crippen molar-refractivity contribution >= 4 is 44.8 Å². The van der Waals surface area contributed by atoms with E-state index >= 15 is 0 Å². The van der Waals surface area contributed by atoms with Gasteiger partial charge in [0, 0.05) is 11.1 Å². The molecule has 0 fully saturated rings. The summed E-state index contributed by atoms with van der Waals surface area (Å²) in [5.41, 5.74) is 4.21. The molecule has 3 rings (SSSR count). The van der Waals surface area contributed by atoms with E-state index in [0.29, 0.717) is 0 Å². The summed E-state index contributed by atoms with van der Waals surface area (Å²) in [6.45, 7) is 2.02. The molecule has 2 nitrogen and oxygen atoms in total. The van der Waals surface area contributed by atoms with Crippen LogP contribution < -0.4 is 0 Å². The fraction of sp³-hybridized carbons (Fsp3) is 0.0588. The summed E-state index contributed by atoms with van der Waals surface area (Å²) in [6.07, 6.45) is 0. The van der Waals surface area contributed by atoms with E-state index in [1.807, 2.05) is 43.3 Å². The van der Waals surface area contributed by atoms with Crippen molar-refractivity contribution in [2.24, 2.45) is 4.99 Å². The van der Waals surface area contributed by atoms with Gasteiger partial charge in [0.2, 0.25) is 5.13 Å². The van der Waals surface area contributed by atoms with Crippen LogP contribution >= 0.6 is 33.9 Å². The zero-order chi connectivity index (χ0) is 14.7. The van der Waals surface area contributed by atoms with E-state index in [1.165, 1.54) is 2.88 Å². The molecule has 4 heteroatoms. The molecule has 3 aromatic rings. The van der Waals surface area contributed by atoms with E-state index in [4.69, 9.17) is 4.99 Å². The first-order chi connectivity index (χ1) is 10.2. The number of hydrogen-bond acceptors (Lipinski definition) is 3. The third-order valence-electron chi connectivity index (χ3n) is 3.03. The Morgan fingerprint density at radius 2 is 1.48 bits per heavy atom. The fourth-order valence-corrected chi connectivity index (χ4v) is 3.38. The molecular formula is C17H13IN2S. The Hall–Kier alpha value is -1.53. The van der Waals surface area contributed by atoms with Crippen molar-refractivity contribution < 1.29 is 0 Å². The van der Waals surface area contributed by atoms with Gasteiger partial charge in [0.15, 0.2) is 0 Å². The molecule has 0 aliphatic rings. The van der Waals surface area contributed by atoms with Crippen LogP contribution in [0.2, 0.25) is 0 Å². The predicted molar refractivity (Wildman–Crippen MR) is 97.8 cm³/mol. The third-order valence-corrected chi connectivity index (χ3v) is 5.31. The lowest BCUT2D eigenvalue weighted by Gasteiger charge is -2.06. The molecular weight excluding hydrogens is 391 g/mol. The van der Waals surface area contributed by atoms with Gasteiger partial charge in [0.25, 0.3) is 0 Å². The van der Waals surface area contributed by atoms with Gasteiger partial charge in [-0.2, -0.15) is 0 Å². The van der Waals surface area contributed by atoms with E-state index in [0.717, 1.165) is 27.7 Å². The largest absolute Gasteiger partial charge is 0.223 e. The van der Waals surface area contributed by atoms with Crippen molar-refractivity contribution in [3.8, 4) is 0 Å². The highest BCUT2D eigenvalue weighted by molar-refractivity contribution is 14.1. The van der Waals surface area contributed by atoms with Crippen molar-refractivity contribution in [3.63, 3.8) is 0 Å². The highest BCUT2D eigenvalue weighted by Crippen LogP contribution is 2.27. The van der Waals surface area contributed by atoms with E-state index in [9.17, 15) is 0 Å². The SMILES string of the molecule is Cc1nc(N=C(c2ccccc2)c2ccccc2)sc1I. The van der Waals surface area contributed by atoms with Gasteiger partial charge in [-0.3, -0.25) is 0 Å². The molecule has 0 saturated carbocycles. The molecule has 0 amide bonds. The quantitative estimate of drug-likeness (QED) is 0.434. The van der Waals surface area contributed by atoms with E-state index in [1.54, 1.807) is 11.3 Å². The Balaban J connectivity index is 2.13. The van der Waals surface area contributed by atoms with E-state index in [2.05, 4.69) is 51.8 Å². The zero-order valence-electron chi connectivity index (χ0n) is 11.5. The number of aryl methyl sites for hydroxylation is 1. The second-order valence-electron chi connectivity index (χ2n) is 4.55. The molecule has 1 aromatic heterocycles. The average Bonchev–Trinajstić information content (AvgIpc) is 2.85.